The Morgan fingerprint density at radius 1 is 1.36 bits per heavy atom. The fourth-order valence-electron chi connectivity index (χ4n) is 2.30. The minimum Gasteiger partial charge on any atom is -0.346 e. The van der Waals surface area contributed by atoms with Crippen molar-refractivity contribution < 1.29 is 9.18 Å². The third kappa shape index (κ3) is 2.56. The number of nitrogens with one attached hydrogen (secondary N) is 2. The summed E-state index contributed by atoms with van der Waals surface area (Å²) in [7, 11) is 0. The van der Waals surface area contributed by atoms with Gasteiger partial charge in [0.25, 0.3) is 5.91 Å². The lowest BCUT2D eigenvalue weighted by molar-refractivity contribution is 0.102. The molecule has 0 aliphatic rings. The van der Waals surface area contributed by atoms with Crippen LogP contribution in [0.1, 0.15) is 28.9 Å². The monoisotopic (exact) mass is 298 g/mol. The van der Waals surface area contributed by atoms with E-state index in [-0.39, 0.29) is 11.5 Å². The number of aromatic nitrogens is 2. The van der Waals surface area contributed by atoms with Crippen LogP contribution in [0.2, 0.25) is 0 Å². The number of anilines is 1. The lowest BCUT2D eigenvalue weighted by Crippen LogP contribution is -2.14. The summed E-state index contributed by atoms with van der Waals surface area (Å²) >= 11 is 0. The average molecular weight is 298 g/mol. The van der Waals surface area contributed by atoms with E-state index in [9.17, 15) is 9.18 Å². The highest BCUT2D eigenvalue weighted by molar-refractivity contribution is 6.08. The van der Waals surface area contributed by atoms with Crippen LogP contribution < -0.4 is 11.1 Å². The van der Waals surface area contributed by atoms with Crippen LogP contribution >= 0.6 is 0 Å². The molecule has 1 amide bonds. The standard InChI is InChI=1S/C16H15FN4O/c1-9(18)11-3-2-10(8-13(11)17)16(22)21-14-5-7-20-15-12(14)4-6-19-15/h2-9H,18H2,1H3,(H2,19,20,21,22). The fraction of sp³-hybridized carbons (Fsp3) is 0.125. The summed E-state index contributed by atoms with van der Waals surface area (Å²) in [5, 5.41) is 3.56. The minimum atomic E-state index is -0.482. The Morgan fingerprint density at radius 2 is 2.18 bits per heavy atom. The molecule has 5 nitrogen and oxygen atoms in total. The highest BCUT2D eigenvalue weighted by Gasteiger charge is 2.13. The van der Waals surface area contributed by atoms with Crippen molar-refractivity contribution >= 4 is 22.6 Å². The topological polar surface area (TPSA) is 83.8 Å². The molecule has 22 heavy (non-hydrogen) atoms. The highest BCUT2D eigenvalue weighted by Crippen LogP contribution is 2.22. The molecule has 3 aromatic rings. The first-order chi connectivity index (χ1) is 10.6. The maximum Gasteiger partial charge on any atom is 0.255 e. The molecular formula is C16H15FN4O. The van der Waals surface area contributed by atoms with Crippen molar-refractivity contribution in [1.82, 2.24) is 9.97 Å². The van der Waals surface area contributed by atoms with Gasteiger partial charge < -0.3 is 16.0 Å². The quantitative estimate of drug-likeness (QED) is 0.695. The normalized spacial score (nSPS) is 12.3. The van der Waals surface area contributed by atoms with E-state index in [2.05, 4.69) is 15.3 Å². The second kappa shape index (κ2) is 5.57. The van der Waals surface area contributed by atoms with Crippen LogP contribution in [0.5, 0.6) is 0 Å². The van der Waals surface area contributed by atoms with E-state index in [0.29, 0.717) is 16.9 Å². The van der Waals surface area contributed by atoms with Crippen LogP contribution in [-0.4, -0.2) is 15.9 Å². The van der Waals surface area contributed by atoms with Gasteiger partial charge in [-0.25, -0.2) is 9.37 Å². The zero-order valence-electron chi connectivity index (χ0n) is 11.9. The zero-order valence-corrected chi connectivity index (χ0v) is 11.9. The highest BCUT2D eigenvalue weighted by atomic mass is 19.1. The first kappa shape index (κ1) is 14.2. The molecule has 3 rings (SSSR count). The molecule has 0 fully saturated rings. The van der Waals surface area contributed by atoms with E-state index in [1.165, 1.54) is 12.1 Å². The molecule has 0 aliphatic carbocycles. The third-order valence-corrected chi connectivity index (χ3v) is 3.46. The number of benzene rings is 1. The van der Waals surface area contributed by atoms with Gasteiger partial charge in [-0.1, -0.05) is 6.07 Å². The van der Waals surface area contributed by atoms with Crippen LogP contribution in [0.3, 0.4) is 0 Å². The summed E-state index contributed by atoms with van der Waals surface area (Å²) in [6, 6.07) is 7.39. The van der Waals surface area contributed by atoms with Crippen LogP contribution in [-0.2, 0) is 0 Å². The van der Waals surface area contributed by atoms with Gasteiger partial charge in [-0.3, -0.25) is 4.79 Å². The van der Waals surface area contributed by atoms with Crippen molar-refractivity contribution in [2.24, 2.45) is 5.73 Å². The number of fused-ring (bicyclic) bond motifs is 1. The number of carbonyl (C=O) groups is 1. The Kier molecular flexibility index (Phi) is 3.60. The summed E-state index contributed by atoms with van der Waals surface area (Å²) in [6.07, 6.45) is 3.33. The number of rotatable bonds is 3. The van der Waals surface area contributed by atoms with Crippen molar-refractivity contribution in [2.75, 3.05) is 5.32 Å². The van der Waals surface area contributed by atoms with E-state index < -0.39 is 11.9 Å². The van der Waals surface area contributed by atoms with Gasteiger partial charge in [0.05, 0.1) is 5.69 Å². The minimum absolute atomic E-state index is 0.238. The molecule has 0 spiro atoms. The second-order valence-corrected chi connectivity index (χ2v) is 5.08. The molecule has 0 saturated heterocycles. The first-order valence-electron chi connectivity index (χ1n) is 6.84. The summed E-state index contributed by atoms with van der Waals surface area (Å²) < 4.78 is 13.9. The summed E-state index contributed by atoms with van der Waals surface area (Å²) in [5.74, 6) is -0.868. The van der Waals surface area contributed by atoms with E-state index in [4.69, 9.17) is 5.73 Å². The molecule has 1 atom stereocenters. The van der Waals surface area contributed by atoms with E-state index in [1.54, 1.807) is 31.5 Å². The lowest BCUT2D eigenvalue weighted by atomic mass is 10.1. The van der Waals surface area contributed by atoms with Gasteiger partial charge in [0.1, 0.15) is 11.5 Å². The number of aromatic amines is 1. The Balaban J connectivity index is 1.89. The van der Waals surface area contributed by atoms with Gasteiger partial charge in [0, 0.05) is 34.9 Å². The smallest absolute Gasteiger partial charge is 0.255 e. The van der Waals surface area contributed by atoms with Crippen molar-refractivity contribution in [2.45, 2.75) is 13.0 Å². The molecule has 6 heteroatoms. The predicted molar refractivity (Wildman–Crippen MR) is 83.0 cm³/mol. The molecule has 112 valence electrons. The summed E-state index contributed by atoms with van der Waals surface area (Å²) in [4.78, 5) is 19.4. The van der Waals surface area contributed by atoms with Gasteiger partial charge in [-0.2, -0.15) is 0 Å². The fourth-order valence-corrected chi connectivity index (χ4v) is 2.30. The molecule has 2 aromatic heterocycles. The van der Waals surface area contributed by atoms with Crippen LogP contribution in [0, 0.1) is 5.82 Å². The molecule has 0 bridgehead atoms. The lowest BCUT2D eigenvalue weighted by Gasteiger charge is -2.10. The van der Waals surface area contributed by atoms with Crippen molar-refractivity contribution in [3.8, 4) is 0 Å². The number of hydrogen-bond acceptors (Lipinski definition) is 3. The maximum absolute atomic E-state index is 13.9. The van der Waals surface area contributed by atoms with Crippen molar-refractivity contribution in [3.05, 3.63) is 59.7 Å². The van der Waals surface area contributed by atoms with Gasteiger partial charge in [-0.05, 0) is 31.2 Å². The molecular weight excluding hydrogens is 283 g/mol. The number of hydrogen-bond donors (Lipinski definition) is 3. The number of nitrogens with two attached hydrogens (primary N) is 1. The average Bonchev–Trinajstić information content (AvgIpc) is 2.96. The molecule has 4 N–H and O–H groups in total. The molecule has 0 aliphatic heterocycles. The van der Waals surface area contributed by atoms with Gasteiger partial charge in [-0.15, -0.1) is 0 Å². The Labute approximate surface area is 126 Å². The Hall–Kier alpha value is -2.73. The second-order valence-electron chi connectivity index (χ2n) is 5.08. The number of halogens is 1. The SMILES string of the molecule is CC(N)c1ccc(C(=O)Nc2ccnc3[nH]ccc23)cc1F. The summed E-state index contributed by atoms with van der Waals surface area (Å²) in [5.41, 5.74) is 7.58. The van der Waals surface area contributed by atoms with Crippen molar-refractivity contribution in [1.29, 1.82) is 0 Å². The molecule has 1 aromatic carbocycles. The number of nitrogens with zero attached hydrogens (tertiary/aromatic N) is 1. The van der Waals surface area contributed by atoms with Gasteiger partial charge >= 0.3 is 0 Å². The van der Waals surface area contributed by atoms with E-state index in [0.717, 1.165) is 5.39 Å². The van der Waals surface area contributed by atoms with Crippen LogP contribution in [0.4, 0.5) is 10.1 Å². The Morgan fingerprint density at radius 3 is 2.91 bits per heavy atom. The predicted octanol–water partition coefficient (Wildman–Crippen LogP) is 2.97. The first-order valence-corrected chi connectivity index (χ1v) is 6.84. The third-order valence-electron chi connectivity index (χ3n) is 3.46. The van der Waals surface area contributed by atoms with E-state index in [1.807, 2.05) is 6.07 Å². The van der Waals surface area contributed by atoms with Crippen LogP contribution in [0.25, 0.3) is 11.0 Å². The van der Waals surface area contributed by atoms with Crippen LogP contribution in [0.15, 0.2) is 42.7 Å². The largest absolute Gasteiger partial charge is 0.346 e. The number of carbonyl (C=O) groups excluding carboxylic acids is 1. The number of H-pyrrole nitrogens is 1. The molecule has 0 radical (unpaired) electrons. The summed E-state index contributed by atoms with van der Waals surface area (Å²) in [6.45, 7) is 1.69. The van der Waals surface area contributed by atoms with Crippen molar-refractivity contribution in [3.63, 3.8) is 0 Å². The van der Waals surface area contributed by atoms with E-state index >= 15 is 0 Å². The zero-order chi connectivity index (χ0) is 15.7. The van der Waals surface area contributed by atoms with Gasteiger partial charge in [0.15, 0.2) is 0 Å². The Bertz CT molecular complexity index is 841. The molecule has 0 saturated carbocycles. The maximum atomic E-state index is 13.9. The molecule has 2 heterocycles. The van der Waals surface area contributed by atoms with Gasteiger partial charge in [0.2, 0.25) is 0 Å². The molecule has 1 unspecified atom stereocenters. The number of amides is 1. The number of pyridine rings is 1.